The minimum absolute atomic E-state index is 0.131. The largest absolute Gasteiger partial charge is 0.494 e. The minimum Gasteiger partial charge on any atom is -0.494 e. The summed E-state index contributed by atoms with van der Waals surface area (Å²) < 4.78 is 21.9. The number of halogens is 1. The number of unbranched alkanes of at least 4 members (excludes halogenated alkanes) is 3. The van der Waals surface area contributed by atoms with Crippen molar-refractivity contribution in [2.45, 2.75) is 76.2 Å². The second kappa shape index (κ2) is 11.3. The van der Waals surface area contributed by atoms with Crippen LogP contribution in [0, 0.1) is 11.2 Å². The summed E-state index contributed by atoms with van der Waals surface area (Å²) in [5.74, 6) is 1.74. The second-order valence-electron chi connectivity index (χ2n) is 10.9. The molecule has 8 heteroatoms. The van der Waals surface area contributed by atoms with Gasteiger partial charge in [-0.15, -0.1) is 5.10 Å². The third kappa shape index (κ3) is 5.80. The van der Waals surface area contributed by atoms with Crippen LogP contribution >= 0.6 is 11.8 Å². The van der Waals surface area contributed by atoms with E-state index in [1.807, 2.05) is 30.3 Å². The number of carbonyl (C=O) groups excluding carboxylic acids is 1. The van der Waals surface area contributed by atoms with E-state index in [0.717, 1.165) is 35.4 Å². The normalized spacial score (nSPS) is 18.1. The zero-order chi connectivity index (χ0) is 26.7. The predicted octanol–water partition coefficient (Wildman–Crippen LogP) is 7.33. The number of hydrogen-bond acceptors (Lipinski definition) is 6. The number of thioether (sulfide) groups is 1. The number of fused-ring (bicyclic) bond motifs is 1. The fourth-order valence-electron chi connectivity index (χ4n) is 5.18. The summed E-state index contributed by atoms with van der Waals surface area (Å²) in [7, 11) is 0. The summed E-state index contributed by atoms with van der Waals surface area (Å²) in [5, 5.41) is 8.73. The van der Waals surface area contributed by atoms with Crippen LogP contribution in [-0.4, -0.2) is 27.2 Å². The van der Waals surface area contributed by atoms with E-state index in [2.05, 4.69) is 26.1 Å². The fourth-order valence-corrected chi connectivity index (χ4v) is 6.00. The van der Waals surface area contributed by atoms with Gasteiger partial charge in [0.2, 0.25) is 11.1 Å². The lowest BCUT2D eigenvalue weighted by molar-refractivity contribution is -0.118. The van der Waals surface area contributed by atoms with Gasteiger partial charge < -0.3 is 10.1 Å². The molecule has 0 amide bonds. The Morgan fingerprint density at radius 2 is 1.89 bits per heavy atom. The van der Waals surface area contributed by atoms with Gasteiger partial charge >= 0.3 is 0 Å². The lowest BCUT2D eigenvalue weighted by Gasteiger charge is -2.38. The quantitative estimate of drug-likeness (QED) is 0.217. The molecule has 5 rings (SSSR count). The second-order valence-corrected chi connectivity index (χ2v) is 11.8. The number of nitrogens with one attached hydrogen (secondary N) is 1. The molecule has 1 N–H and O–H groups in total. The highest BCUT2D eigenvalue weighted by atomic mass is 32.2. The van der Waals surface area contributed by atoms with E-state index in [0.29, 0.717) is 35.4 Å². The molecule has 0 saturated carbocycles. The molecule has 200 valence electrons. The van der Waals surface area contributed by atoms with Crippen molar-refractivity contribution >= 4 is 23.5 Å². The lowest BCUT2D eigenvalue weighted by Crippen LogP contribution is -2.36. The zero-order valence-corrected chi connectivity index (χ0v) is 23.1. The smallest absolute Gasteiger partial charge is 0.227 e. The minimum atomic E-state index is -0.376. The van der Waals surface area contributed by atoms with Crippen LogP contribution in [0.1, 0.15) is 76.5 Å². The van der Waals surface area contributed by atoms with E-state index >= 15 is 0 Å². The van der Waals surface area contributed by atoms with Crippen molar-refractivity contribution in [1.29, 1.82) is 0 Å². The first-order valence-corrected chi connectivity index (χ1v) is 14.4. The molecule has 1 aliphatic heterocycles. The number of hydrogen-bond donors (Lipinski definition) is 1. The van der Waals surface area contributed by atoms with E-state index in [9.17, 15) is 9.18 Å². The Hall–Kier alpha value is -3.13. The van der Waals surface area contributed by atoms with Crippen LogP contribution in [0.25, 0.3) is 0 Å². The van der Waals surface area contributed by atoms with E-state index in [1.165, 1.54) is 37.1 Å². The van der Waals surface area contributed by atoms with Gasteiger partial charge in [0.15, 0.2) is 5.78 Å². The van der Waals surface area contributed by atoms with E-state index in [4.69, 9.17) is 14.8 Å². The van der Waals surface area contributed by atoms with Gasteiger partial charge in [-0.2, -0.15) is 4.98 Å². The average molecular weight is 535 g/mol. The number of ketones is 1. The molecule has 1 unspecified atom stereocenters. The van der Waals surface area contributed by atoms with Crippen molar-refractivity contribution < 1.29 is 13.9 Å². The Bertz CT molecular complexity index is 1330. The molecule has 2 heterocycles. The van der Waals surface area contributed by atoms with Crippen molar-refractivity contribution in [2.75, 3.05) is 11.9 Å². The number of rotatable bonds is 10. The summed E-state index contributed by atoms with van der Waals surface area (Å²) in [6.45, 7) is 7.13. The molecule has 0 fully saturated rings. The molecule has 0 saturated heterocycles. The van der Waals surface area contributed by atoms with Crippen molar-refractivity contribution in [3.05, 3.63) is 76.7 Å². The summed E-state index contributed by atoms with van der Waals surface area (Å²) in [4.78, 5) is 18.2. The van der Waals surface area contributed by atoms with Crippen LogP contribution in [0.3, 0.4) is 0 Å². The Kier molecular flexibility index (Phi) is 7.88. The third-order valence-corrected chi connectivity index (χ3v) is 7.98. The van der Waals surface area contributed by atoms with Crippen LogP contribution < -0.4 is 10.1 Å². The van der Waals surface area contributed by atoms with Crippen molar-refractivity contribution in [1.82, 2.24) is 14.8 Å². The van der Waals surface area contributed by atoms with Crippen LogP contribution in [0.4, 0.5) is 10.3 Å². The van der Waals surface area contributed by atoms with Gasteiger partial charge in [-0.1, -0.05) is 82.1 Å². The fraction of sp³-hybridized carbons (Fsp3) is 0.433. The van der Waals surface area contributed by atoms with Gasteiger partial charge in [0, 0.05) is 23.4 Å². The summed E-state index contributed by atoms with van der Waals surface area (Å²) in [5.41, 5.74) is 3.10. The van der Waals surface area contributed by atoms with Crippen molar-refractivity contribution in [3.8, 4) is 5.75 Å². The number of carbonyl (C=O) groups is 1. The summed E-state index contributed by atoms with van der Waals surface area (Å²) in [6, 6.07) is 14.3. The monoisotopic (exact) mass is 534 g/mol. The Morgan fingerprint density at radius 3 is 2.66 bits per heavy atom. The molecule has 1 atom stereocenters. The van der Waals surface area contributed by atoms with Gasteiger partial charge in [-0.25, -0.2) is 9.07 Å². The molecule has 2 aliphatic rings. The SMILES string of the molecule is CCCCCCOc1ccc(C2C3=C(CC(C)(C)CC3=O)Nc3nc(SCc4ccccc4F)nn32)cc1. The molecular formula is C30H35FN4O2S. The number of ether oxygens (including phenoxy) is 1. The molecule has 3 aromatic rings. The van der Waals surface area contributed by atoms with Gasteiger partial charge in [-0.3, -0.25) is 4.79 Å². The molecule has 0 spiro atoms. The number of allylic oxidation sites excluding steroid dienone is 2. The number of nitrogens with zero attached hydrogens (tertiary/aromatic N) is 3. The summed E-state index contributed by atoms with van der Waals surface area (Å²) in [6.07, 6.45) is 5.88. The molecule has 0 radical (unpaired) electrons. The van der Waals surface area contributed by atoms with Crippen LogP contribution in [0.5, 0.6) is 5.75 Å². The first-order chi connectivity index (χ1) is 18.3. The van der Waals surface area contributed by atoms with Crippen molar-refractivity contribution in [3.63, 3.8) is 0 Å². The number of Topliss-reactive ketones (excluding diaryl/α,β-unsaturated/α-hetero) is 1. The Morgan fingerprint density at radius 1 is 1.11 bits per heavy atom. The molecule has 2 aromatic carbocycles. The van der Waals surface area contributed by atoms with Gasteiger partial charge in [0.05, 0.1) is 6.61 Å². The lowest BCUT2D eigenvalue weighted by atomic mass is 9.73. The summed E-state index contributed by atoms with van der Waals surface area (Å²) >= 11 is 1.38. The highest BCUT2D eigenvalue weighted by Crippen LogP contribution is 2.46. The molecule has 6 nitrogen and oxygen atoms in total. The maximum absolute atomic E-state index is 14.2. The van der Waals surface area contributed by atoms with Crippen LogP contribution in [0.15, 0.2) is 65.0 Å². The maximum atomic E-state index is 14.2. The molecule has 1 aliphatic carbocycles. The average Bonchev–Trinajstić information content (AvgIpc) is 3.29. The Balaban J connectivity index is 1.42. The van der Waals surface area contributed by atoms with Gasteiger partial charge in [0.1, 0.15) is 17.6 Å². The van der Waals surface area contributed by atoms with Crippen LogP contribution in [-0.2, 0) is 10.5 Å². The first-order valence-electron chi connectivity index (χ1n) is 13.4. The highest BCUT2D eigenvalue weighted by molar-refractivity contribution is 7.98. The maximum Gasteiger partial charge on any atom is 0.227 e. The van der Waals surface area contributed by atoms with Gasteiger partial charge in [-0.05, 0) is 47.6 Å². The highest BCUT2D eigenvalue weighted by Gasteiger charge is 2.41. The predicted molar refractivity (Wildman–Crippen MR) is 149 cm³/mol. The van der Waals surface area contributed by atoms with E-state index < -0.39 is 0 Å². The third-order valence-electron chi connectivity index (χ3n) is 7.09. The Labute approximate surface area is 228 Å². The van der Waals surface area contributed by atoms with E-state index in [1.54, 1.807) is 16.8 Å². The van der Waals surface area contributed by atoms with Gasteiger partial charge in [0.25, 0.3) is 0 Å². The number of anilines is 1. The topological polar surface area (TPSA) is 69.0 Å². The number of aromatic nitrogens is 3. The molecule has 1 aromatic heterocycles. The van der Waals surface area contributed by atoms with Crippen LogP contribution in [0.2, 0.25) is 0 Å². The first kappa shape index (κ1) is 26.5. The van der Waals surface area contributed by atoms with E-state index in [-0.39, 0.29) is 23.1 Å². The molecule has 38 heavy (non-hydrogen) atoms. The standard InChI is InChI=1S/C30H35FN4O2S/c1-4-5-6-9-16-37-22-14-12-20(13-15-22)27-26-24(17-30(2,3)18-25(26)36)32-28-33-29(34-35(27)28)38-19-21-10-7-8-11-23(21)31/h7-8,10-15,27H,4-6,9,16-19H2,1-3H3,(H,32,33,34). The number of benzene rings is 2. The molecular weight excluding hydrogens is 499 g/mol. The van der Waals surface area contributed by atoms with Crippen molar-refractivity contribution in [2.24, 2.45) is 5.41 Å². The zero-order valence-electron chi connectivity index (χ0n) is 22.3. The molecule has 0 bridgehead atoms.